The van der Waals surface area contributed by atoms with Gasteiger partial charge in [0.15, 0.2) is 0 Å². The molecule has 0 heterocycles. The number of rotatable bonds is 2. The van der Waals surface area contributed by atoms with E-state index in [2.05, 4.69) is 10.3 Å². The third-order valence-electron chi connectivity index (χ3n) is 0.963. The molecule has 0 aromatic carbocycles. The number of aliphatic imine (C=N–C) groups is 1. The van der Waals surface area contributed by atoms with Gasteiger partial charge in [0, 0.05) is 7.05 Å². The van der Waals surface area contributed by atoms with E-state index in [4.69, 9.17) is 0 Å². The molecule has 0 fully saturated rings. The molecular weight excluding hydrogens is 124 g/mol. The molecule has 0 atom stereocenters. The van der Waals surface area contributed by atoms with Crippen LogP contribution < -0.4 is 5.32 Å². The van der Waals surface area contributed by atoms with Gasteiger partial charge in [-0.2, -0.15) is 0 Å². The van der Waals surface area contributed by atoms with Crippen LogP contribution in [0.4, 0.5) is 0 Å². The first-order valence-electron chi connectivity index (χ1n) is 3.32. The van der Waals surface area contributed by atoms with Gasteiger partial charge in [-0.25, -0.2) is 0 Å². The second-order valence-corrected chi connectivity index (χ2v) is 1.75. The lowest BCUT2D eigenvalue weighted by Gasteiger charge is -1.96. The van der Waals surface area contributed by atoms with E-state index >= 15 is 0 Å². The van der Waals surface area contributed by atoms with Crippen molar-refractivity contribution in [2.75, 3.05) is 7.05 Å². The molecule has 2 nitrogen and oxygen atoms in total. The van der Waals surface area contributed by atoms with E-state index in [1.807, 2.05) is 38.3 Å². The zero-order valence-electron chi connectivity index (χ0n) is 6.76. The fourth-order valence-electron chi connectivity index (χ4n) is 0.514. The fourth-order valence-corrected chi connectivity index (χ4v) is 0.514. The number of amidine groups is 1. The van der Waals surface area contributed by atoms with Crippen molar-refractivity contribution >= 4 is 5.84 Å². The lowest BCUT2D eigenvalue weighted by molar-refractivity contribution is 1.23. The van der Waals surface area contributed by atoms with Gasteiger partial charge >= 0.3 is 0 Å². The maximum Gasteiger partial charge on any atom is 0.124 e. The average Bonchev–Trinajstić information content (AvgIpc) is 1.98. The molecule has 1 N–H and O–H groups in total. The molecule has 56 valence electrons. The molecule has 0 aromatic heterocycles. The Hall–Kier alpha value is -1.05. The van der Waals surface area contributed by atoms with Crippen LogP contribution in [0.15, 0.2) is 29.4 Å². The van der Waals surface area contributed by atoms with E-state index in [-0.39, 0.29) is 0 Å². The Morgan fingerprint density at radius 3 is 2.40 bits per heavy atom. The van der Waals surface area contributed by atoms with Crippen LogP contribution >= 0.6 is 0 Å². The van der Waals surface area contributed by atoms with Crippen molar-refractivity contribution < 1.29 is 0 Å². The quantitative estimate of drug-likeness (QED) is 0.456. The largest absolute Gasteiger partial charge is 0.347 e. The molecule has 0 aromatic rings. The molecule has 0 spiro atoms. The molecule has 0 aliphatic carbocycles. The molecule has 2 heteroatoms. The lowest BCUT2D eigenvalue weighted by atomic mass is 10.5. The molecular formula is C8H14N2. The summed E-state index contributed by atoms with van der Waals surface area (Å²) >= 11 is 0. The highest BCUT2D eigenvalue weighted by atomic mass is 14.9. The summed E-state index contributed by atoms with van der Waals surface area (Å²) in [6, 6.07) is 0. The Kier molecular flexibility index (Phi) is 5.44. The number of nitrogens with one attached hydrogen (secondary N) is 1. The molecule has 0 bridgehead atoms. The molecule has 10 heavy (non-hydrogen) atoms. The first-order chi connectivity index (χ1) is 4.85. The van der Waals surface area contributed by atoms with Crippen molar-refractivity contribution in [3.05, 3.63) is 24.4 Å². The van der Waals surface area contributed by atoms with Gasteiger partial charge in [0.2, 0.25) is 0 Å². The predicted octanol–water partition coefficient (Wildman–Crippen LogP) is 1.71. The van der Waals surface area contributed by atoms with E-state index in [1.54, 1.807) is 7.05 Å². The zero-order valence-corrected chi connectivity index (χ0v) is 6.76. The van der Waals surface area contributed by atoms with Crippen LogP contribution in [0.3, 0.4) is 0 Å². The summed E-state index contributed by atoms with van der Waals surface area (Å²) in [6.45, 7) is 3.92. The fraction of sp³-hybridized carbons (Fsp3) is 0.375. The molecule has 0 unspecified atom stereocenters. The van der Waals surface area contributed by atoms with Crippen LogP contribution in [0.25, 0.3) is 0 Å². The summed E-state index contributed by atoms with van der Waals surface area (Å²) in [4.78, 5) is 3.98. The van der Waals surface area contributed by atoms with Gasteiger partial charge in [-0.05, 0) is 26.1 Å². The van der Waals surface area contributed by atoms with Crippen molar-refractivity contribution in [3.8, 4) is 0 Å². The predicted molar refractivity (Wildman–Crippen MR) is 46.1 cm³/mol. The summed E-state index contributed by atoms with van der Waals surface area (Å²) in [5.74, 6) is 0.876. The van der Waals surface area contributed by atoms with Gasteiger partial charge in [0.1, 0.15) is 5.84 Å². The standard InChI is InChI=1S/C8H14N2/c1-4-6-8(9-3)10-7-5-2/h4-7H,1-3H3,(H,9,10)/b6-4-,7-5-. The molecule has 0 radical (unpaired) electrons. The van der Waals surface area contributed by atoms with Gasteiger partial charge in [0.25, 0.3) is 0 Å². The Morgan fingerprint density at radius 2 is 2.00 bits per heavy atom. The van der Waals surface area contributed by atoms with Crippen molar-refractivity contribution in [3.63, 3.8) is 0 Å². The van der Waals surface area contributed by atoms with Crippen molar-refractivity contribution in [1.29, 1.82) is 0 Å². The molecule has 0 aliphatic heterocycles. The van der Waals surface area contributed by atoms with Crippen LogP contribution in [-0.4, -0.2) is 12.9 Å². The zero-order chi connectivity index (χ0) is 7.82. The highest BCUT2D eigenvalue weighted by Gasteiger charge is 1.82. The van der Waals surface area contributed by atoms with Crippen molar-refractivity contribution in [2.45, 2.75) is 13.8 Å². The molecule has 0 amide bonds. The van der Waals surface area contributed by atoms with Gasteiger partial charge in [-0.15, -0.1) is 0 Å². The first kappa shape index (κ1) is 8.95. The summed E-state index contributed by atoms with van der Waals surface area (Å²) in [5.41, 5.74) is 0. The van der Waals surface area contributed by atoms with Crippen LogP contribution in [0.2, 0.25) is 0 Å². The molecule has 0 rings (SSSR count). The Labute approximate surface area is 62.4 Å². The monoisotopic (exact) mass is 138 g/mol. The first-order valence-corrected chi connectivity index (χ1v) is 3.32. The number of hydrogen-bond donors (Lipinski definition) is 1. The van der Waals surface area contributed by atoms with Gasteiger partial charge in [0.05, 0.1) is 0 Å². The second kappa shape index (κ2) is 6.08. The van der Waals surface area contributed by atoms with Crippen LogP contribution in [0.1, 0.15) is 13.8 Å². The molecule has 0 saturated heterocycles. The summed E-state index contributed by atoms with van der Waals surface area (Å²) in [6.07, 6.45) is 7.63. The minimum atomic E-state index is 0.876. The van der Waals surface area contributed by atoms with Crippen molar-refractivity contribution in [1.82, 2.24) is 5.32 Å². The van der Waals surface area contributed by atoms with Gasteiger partial charge in [-0.1, -0.05) is 12.2 Å². The highest BCUT2D eigenvalue weighted by molar-refractivity contribution is 5.93. The third kappa shape index (κ3) is 3.89. The Morgan fingerprint density at radius 1 is 1.30 bits per heavy atom. The normalized spacial score (nSPS) is 13.3. The summed E-state index contributed by atoms with van der Waals surface area (Å²) < 4.78 is 0. The molecule has 0 saturated carbocycles. The van der Waals surface area contributed by atoms with Crippen molar-refractivity contribution in [2.24, 2.45) is 4.99 Å². The smallest absolute Gasteiger partial charge is 0.124 e. The van der Waals surface area contributed by atoms with E-state index in [1.165, 1.54) is 0 Å². The van der Waals surface area contributed by atoms with E-state index in [0.29, 0.717) is 0 Å². The minimum absolute atomic E-state index is 0.876. The SMILES string of the molecule is C/C=C\NC(/C=C\C)=NC. The van der Waals surface area contributed by atoms with E-state index in [9.17, 15) is 0 Å². The maximum absolute atomic E-state index is 3.98. The number of allylic oxidation sites excluding steroid dienone is 2. The maximum atomic E-state index is 3.98. The third-order valence-corrected chi connectivity index (χ3v) is 0.963. The number of hydrogen-bond acceptors (Lipinski definition) is 1. The summed E-state index contributed by atoms with van der Waals surface area (Å²) in [5, 5.41) is 3.00. The topological polar surface area (TPSA) is 24.4 Å². The minimum Gasteiger partial charge on any atom is -0.347 e. The van der Waals surface area contributed by atoms with Gasteiger partial charge < -0.3 is 5.32 Å². The number of nitrogens with zero attached hydrogens (tertiary/aromatic N) is 1. The average molecular weight is 138 g/mol. The van der Waals surface area contributed by atoms with Crippen LogP contribution in [-0.2, 0) is 0 Å². The second-order valence-electron chi connectivity index (χ2n) is 1.75. The highest BCUT2D eigenvalue weighted by Crippen LogP contribution is 1.76. The molecule has 0 aliphatic rings. The van der Waals surface area contributed by atoms with E-state index < -0.39 is 0 Å². The Bertz CT molecular complexity index is 155. The summed E-state index contributed by atoms with van der Waals surface area (Å²) in [7, 11) is 1.76. The van der Waals surface area contributed by atoms with E-state index in [0.717, 1.165) is 5.84 Å². The van der Waals surface area contributed by atoms with Crippen LogP contribution in [0.5, 0.6) is 0 Å². The van der Waals surface area contributed by atoms with Crippen LogP contribution in [0, 0.1) is 0 Å². The Balaban J connectivity index is 3.85. The lowest BCUT2D eigenvalue weighted by Crippen LogP contribution is -2.13. The van der Waals surface area contributed by atoms with Gasteiger partial charge in [-0.3, -0.25) is 4.99 Å².